The molecule has 128 valence electrons. The summed E-state index contributed by atoms with van der Waals surface area (Å²) in [6.45, 7) is 3.23. The molecule has 0 saturated heterocycles. The highest BCUT2D eigenvalue weighted by Gasteiger charge is 2.43. The van der Waals surface area contributed by atoms with Crippen LogP contribution in [0.2, 0.25) is 0 Å². The van der Waals surface area contributed by atoms with Gasteiger partial charge in [0, 0.05) is 17.9 Å². The first-order valence-electron chi connectivity index (χ1n) is 8.23. The van der Waals surface area contributed by atoms with E-state index in [1.165, 1.54) is 12.8 Å². The van der Waals surface area contributed by atoms with E-state index in [1.54, 1.807) is 13.8 Å². The smallest absolute Gasteiger partial charge is 0.390 e. The van der Waals surface area contributed by atoms with Gasteiger partial charge >= 0.3 is 6.18 Å². The maximum Gasteiger partial charge on any atom is 0.390 e. The molecule has 1 aliphatic carbocycles. The van der Waals surface area contributed by atoms with Gasteiger partial charge in [0.25, 0.3) is 0 Å². The van der Waals surface area contributed by atoms with E-state index in [0.29, 0.717) is 12.3 Å². The van der Waals surface area contributed by atoms with Crippen LogP contribution in [0.15, 0.2) is 11.8 Å². The van der Waals surface area contributed by atoms with Crippen LogP contribution >= 0.6 is 0 Å². The molecule has 0 amide bonds. The molecule has 0 atom stereocenters. The lowest BCUT2D eigenvalue weighted by molar-refractivity contribution is -0.158. The molecular weight excluding hydrogens is 293 g/mol. The molecule has 5 heteroatoms. The van der Waals surface area contributed by atoms with Gasteiger partial charge in [-0.3, -0.25) is 4.79 Å². The Balaban J connectivity index is 2.70. The Bertz CT molecular complexity index is 389. The minimum Gasteiger partial charge on any atom is -0.512 e. The zero-order valence-electron chi connectivity index (χ0n) is 13.5. The number of halogens is 3. The first kappa shape index (κ1) is 19.0. The molecule has 1 aliphatic rings. The van der Waals surface area contributed by atoms with E-state index in [-0.39, 0.29) is 18.6 Å². The number of ketones is 1. The van der Waals surface area contributed by atoms with Gasteiger partial charge in [-0.2, -0.15) is 13.2 Å². The standard InChI is InChI=1S/C17H27F3O2/c1-3-16(4-2,12-17(18,19)20)15(22)11-14(21)10-9-13-7-5-6-8-13/h11,13,22H,3-10,12H2,1-2H3/b15-11-. The first-order chi connectivity index (χ1) is 10.2. The van der Waals surface area contributed by atoms with Gasteiger partial charge in [0.1, 0.15) is 5.76 Å². The second-order valence-corrected chi connectivity index (χ2v) is 6.46. The van der Waals surface area contributed by atoms with Gasteiger partial charge in [0.05, 0.1) is 6.42 Å². The van der Waals surface area contributed by atoms with Crippen molar-refractivity contribution in [3.63, 3.8) is 0 Å². The fraction of sp³-hybridized carbons (Fsp3) is 0.824. The molecule has 0 aromatic rings. The third kappa shape index (κ3) is 5.65. The average Bonchev–Trinajstić information content (AvgIpc) is 2.94. The lowest BCUT2D eigenvalue weighted by Crippen LogP contribution is -2.29. The SMILES string of the molecule is CCC(CC)(CC(F)(F)F)/C(O)=C/C(=O)CCC1CCCC1. The third-order valence-electron chi connectivity index (χ3n) is 5.01. The molecule has 0 heterocycles. The van der Waals surface area contributed by atoms with E-state index in [0.717, 1.165) is 25.3 Å². The van der Waals surface area contributed by atoms with Gasteiger partial charge in [0.15, 0.2) is 5.78 Å². The Morgan fingerprint density at radius 2 is 1.73 bits per heavy atom. The average molecular weight is 320 g/mol. The van der Waals surface area contributed by atoms with Crippen LogP contribution in [0.5, 0.6) is 0 Å². The summed E-state index contributed by atoms with van der Waals surface area (Å²) in [6.07, 6.45) is 1.62. The summed E-state index contributed by atoms with van der Waals surface area (Å²) in [6, 6.07) is 0. The number of aliphatic hydroxyl groups is 1. The second-order valence-electron chi connectivity index (χ2n) is 6.46. The van der Waals surface area contributed by atoms with Gasteiger partial charge in [-0.05, 0) is 25.2 Å². The molecule has 0 aromatic heterocycles. The zero-order valence-corrected chi connectivity index (χ0v) is 13.5. The minimum atomic E-state index is -4.36. The van der Waals surface area contributed by atoms with Crippen molar-refractivity contribution in [2.24, 2.45) is 11.3 Å². The summed E-state index contributed by atoms with van der Waals surface area (Å²) in [5.74, 6) is -0.124. The largest absolute Gasteiger partial charge is 0.512 e. The number of aliphatic hydroxyl groups excluding tert-OH is 1. The van der Waals surface area contributed by atoms with Crippen LogP contribution in [-0.2, 0) is 4.79 Å². The van der Waals surface area contributed by atoms with Crippen LogP contribution in [0.3, 0.4) is 0 Å². The predicted octanol–water partition coefficient (Wildman–Crippen LogP) is 5.73. The zero-order chi connectivity index (χ0) is 16.8. The van der Waals surface area contributed by atoms with Crippen molar-refractivity contribution in [1.82, 2.24) is 0 Å². The Labute approximate surface area is 130 Å². The summed E-state index contributed by atoms with van der Waals surface area (Å²) in [4.78, 5) is 11.9. The van der Waals surface area contributed by atoms with Crippen LogP contribution in [0.4, 0.5) is 13.2 Å². The molecule has 1 fully saturated rings. The molecule has 0 aromatic carbocycles. The maximum atomic E-state index is 12.8. The molecule has 1 N–H and O–H groups in total. The number of carbonyl (C=O) groups excluding carboxylic acids is 1. The Morgan fingerprint density at radius 1 is 1.18 bits per heavy atom. The molecule has 0 spiro atoms. The first-order valence-corrected chi connectivity index (χ1v) is 8.23. The number of alkyl halides is 3. The molecule has 0 aliphatic heterocycles. The Hall–Kier alpha value is -1.00. The maximum absolute atomic E-state index is 12.8. The van der Waals surface area contributed by atoms with E-state index in [9.17, 15) is 23.1 Å². The van der Waals surface area contributed by atoms with Crippen molar-refractivity contribution in [3.8, 4) is 0 Å². The van der Waals surface area contributed by atoms with E-state index < -0.39 is 23.8 Å². The Kier molecular flexibility index (Phi) is 6.95. The number of hydrogen-bond donors (Lipinski definition) is 1. The van der Waals surface area contributed by atoms with Crippen molar-refractivity contribution in [2.45, 2.75) is 77.8 Å². The fourth-order valence-electron chi connectivity index (χ4n) is 3.36. The van der Waals surface area contributed by atoms with Gasteiger partial charge in [-0.15, -0.1) is 0 Å². The summed E-state index contributed by atoms with van der Waals surface area (Å²) < 4.78 is 38.3. The minimum absolute atomic E-state index is 0.154. The molecule has 22 heavy (non-hydrogen) atoms. The highest BCUT2D eigenvalue weighted by Crippen LogP contribution is 2.43. The molecule has 2 nitrogen and oxygen atoms in total. The van der Waals surface area contributed by atoms with Crippen LogP contribution in [-0.4, -0.2) is 17.1 Å². The number of rotatable bonds is 8. The molecule has 1 rings (SSSR count). The van der Waals surface area contributed by atoms with Crippen LogP contribution in [0.25, 0.3) is 0 Å². The second kappa shape index (κ2) is 8.02. The van der Waals surface area contributed by atoms with Crippen LogP contribution in [0, 0.1) is 11.3 Å². The molecular formula is C17H27F3O2. The predicted molar refractivity (Wildman–Crippen MR) is 80.6 cm³/mol. The van der Waals surface area contributed by atoms with Crippen molar-refractivity contribution < 1.29 is 23.1 Å². The molecule has 0 radical (unpaired) electrons. The number of carbonyl (C=O) groups is 1. The topological polar surface area (TPSA) is 37.3 Å². The summed E-state index contributed by atoms with van der Waals surface area (Å²) >= 11 is 0. The van der Waals surface area contributed by atoms with Crippen molar-refractivity contribution in [1.29, 1.82) is 0 Å². The van der Waals surface area contributed by atoms with Crippen molar-refractivity contribution >= 4 is 5.78 Å². The lowest BCUT2D eigenvalue weighted by Gasteiger charge is -2.31. The van der Waals surface area contributed by atoms with Gasteiger partial charge in [-0.25, -0.2) is 0 Å². The fourth-order valence-corrected chi connectivity index (χ4v) is 3.36. The van der Waals surface area contributed by atoms with E-state index in [2.05, 4.69) is 0 Å². The highest BCUT2D eigenvalue weighted by molar-refractivity contribution is 5.90. The van der Waals surface area contributed by atoms with Crippen LogP contribution < -0.4 is 0 Å². The van der Waals surface area contributed by atoms with E-state index in [1.807, 2.05) is 0 Å². The van der Waals surface area contributed by atoms with Crippen molar-refractivity contribution in [3.05, 3.63) is 11.8 Å². The van der Waals surface area contributed by atoms with Gasteiger partial charge < -0.3 is 5.11 Å². The molecule has 1 saturated carbocycles. The molecule has 0 unspecified atom stereocenters. The van der Waals surface area contributed by atoms with Crippen LogP contribution in [0.1, 0.15) is 71.6 Å². The monoisotopic (exact) mass is 320 g/mol. The lowest BCUT2D eigenvalue weighted by atomic mass is 9.76. The van der Waals surface area contributed by atoms with Crippen molar-refractivity contribution in [2.75, 3.05) is 0 Å². The number of hydrogen-bond acceptors (Lipinski definition) is 2. The summed E-state index contributed by atoms with van der Waals surface area (Å²) in [7, 11) is 0. The van der Waals surface area contributed by atoms with Gasteiger partial charge in [-0.1, -0.05) is 39.5 Å². The molecule has 0 bridgehead atoms. The third-order valence-corrected chi connectivity index (χ3v) is 5.01. The quantitative estimate of drug-likeness (QED) is 0.458. The number of allylic oxidation sites excluding steroid dienone is 2. The normalized spacial score (nSPS) is 18.0. The Morgan fingerprint density at radius 3 is 2.18 bits per heavy atom. The highest BCUT2D eigenvalue weighted by atomic mass is 19.4. The van der Waals surface area contributed by atoms with Gasteiger partial charge in [0.2, 0.25) is 0 Å². The summed E-state index contributed by atoms with van der Waals surface area (Å²) in [5.41, 5.74) is -1.37. The van der Waals surface area contributed by atoms with E-state index in [4.69, 9.17) is 0 Å². The van der Waals surface area contributed by atoms with E-state index >= 15 is 0 Å². The summed E-state index contributed by atoms with van der Waals surface area (Å²) in [5, 5.41) is 10.1.